The number of rotatable bonds is 12. The Hall–Kier alpha value is 0.234. The predicted octanol–water partition coefficient (Wildman–Crippen LogP) is 3.27. The van der Waals surface area contributed by atoms with Gasteiger partial charge in [-0.15, -0.1) is 0 Å². The van der Waals surface area contributed by atoms with Crippen LogP contribution in [0.2, 0.25) is 24.2 Å². The molecule has 0 aliphatic carbocycles. The summed E-state index contributed by atoms with van der Waals surface area (Å²) < 4.78 is 19.4. The van der Waals surface area contributed by atoms with Crippen molar-refractivity contribution < 1.29 is 13.3 Å². The van der Waals surface area contributed by atoms with E-state index in [2.05, 4.69) is 30.2 Å². The van der Waals surface area contributed by atoms with E-state index in [9.17, 15) is 0 Å². The van der Waals surface area contributed by atoms with Gasteiger partial charge in [0.2, 0.25) is 0 Å². The third kappa shape index (κ3) is 5.62. The summed E-state index contributed by atoms with van der Waals surface area (Å²) in [5.74, 6) is 0. The fraction of sp³-hybridized carbons (Fsp3) is 1.00. The largest absolute Gasteiger partial charge is 0.500 e. The third-order valence-corrected chi connectivity index (χ3v) is 14.7. The van der Waals surface area contributed by atoms with Crippen molar-refractivity contribution in [1.29, 1.82) is 0 Å². The molecule has 0 radical (unpaired) electrons. The summed E-state index contributed by atoms with van der Waals surface area (Å²) in [5, 5.41) is 0. The molecule has 1 aliphatic heterocycles. The normalized spacial score (nSPS) is 18.2. The molecule has 7 heteroatoms. The Morgan fingerprint density at radius 2 is 1.25 bits per heavy atom. The van der Waals surface area contributed by atoms with Crippen LogP contribution in [0.4, 0.5) is 0 Å². The van der Waals surface area contributed by atoms with Crippen LogP contribution < -0.4 is 0 Å². The summed E-state index contributed by atoms with van der Waals surface area (Å²) >= 11 is 0. The fourth-order valence-corrected chi connectivity index (χ4v) is 9.89. The highest BCUT2D eigenvalue weighted by atomic mass is 28.4. The van der Waals surface area contributed by atoms with Gasteiger partial charge in [-0.2, -0.15) is 0 Å². The van der Waals surface area contributed by atoms with Gasteiger partial charge < -0.3 is 22.7 Å². The van der Waals surface area contributed by atoms with Crippen LogP contribution in [0.15, 0.2) is 0 Å². The summed E-state index contributed by atoms with van der Waals surface area (Å²) in [7, 11) is 1.56. The minimum atomic E-state index is -2.38. The maximum atomic E-state index is 5.50. The van der Waals surface area contributed by atoms with E-state index >= 15 is 0 Å². The second-order valence-corrected chi connectivity index (χ2v) is 15.2. The van der Waals surface area contributed by atoms with Gasteiger partial charge in [0.1, 0.15) is 8.24 Å². The zero-order valence-electron chi connectivity index (χ0n) is 16.9. The van der Waals surface area contributed by atoms with Gasteiger partial charge in [0.25, 0.3) is 0 Å². The van der Waals surface area contributed by atoms with Gasteiger partial charge in [0.15, 0.2) is 0 Å². The van der Waals surface area contributed by atoms with E-state index in [4.69, 9.17) is 13.3 Å². The standard InChI is InChI=1S/C17H40N2O3Si2/c1-7-23(8-2,9-3)19-15-13-18(14-16-19)12-10-11-17-24(20-4,21-5)22-6/h7-17H2,1-6H3. The molecular formula is C17H40N2O3Si2. The van der Waals surface area contributed by atoms with Gasteiger partial charge in [-0.1, -0.05) is 20.8 Å². The maximum Gasteiger partial charge on any atom is 0.500 e. The average molecular weight is 377 g/mol. The highest BCUT2D eigenvalue weighted by Gasteiger charge is 2.37. The molecule has 1 heterocycles. The quantitative estimate of drug-likeness (QED) is 0.386. The van der Waals surface area contributed by atoms with Gasteiger partial charge in [-0.25, -0.2) is 0 Å². The first-order valence-electron chi connectivity index (χ1n) is 9.68. The van der Waals surface area contributed by atoms with E-state index < -0.39 is 17.0 Å². The smallest absolute Gasteiger partial charge is 0.377 e. The van der Waals surface area contributed by atoms with E-state index in [1.54, 1.807) is 21.3 Å². The Morgan fingerprint density at radius 3 is 1.67 bits per heavy atom. The number of nitrogens with zero attached hydrogens (tertiary/aromatic N) is 2. The van der Waals surface area contributed by atoms with Crippen molar-refractivity contribution in [2.75, 3.05) is 54.1 Å². The molecule has 0 N–H and O–H groups in total. The van der Waals surface area contributed by atoms with E-state index in [0.717, 1.165) is 12.5 Å². The molecule has 0 aromatic carbocycles. The van der Waals surface area contributed by atoms with Gasteiger partial charge in [-0.3, -0.25) is 0 Å². The van der Waals surface area contributed by atoms with Crippen molar-refractivity contribution in [3.63, 3.8) is 0 Å². The van der Waals surface area contributed by atoms with Gasteiger partial charge in [0.05, 0.1) is 0 Å². The topological polar surface area (TPSA) is 34.2 Å². The number of hydrogen-bond acceptors (Lipinski definition) is 5. The van der Waals surface area contributed by atoms with E-state index in [1.807, 2.05) is 0 Å². The zero-order chi connectivity index (χ0) is 18.1. The lowest BCUT2D eigenvalue weighted by Gasteiger charge is -2.46. The van der Waals surface area contributed by atoms with Crippen molar-refractivity contribution in [3.05, 3.63) is 0 Å². The van der Waals surface area contributed by atoms with Crippen LogP contribution in [-0.4, -0.2) is 80.6 Å². The molecule has 1 saturated heterocycles. The molecule has 0 unspecified atom stereocenters. The van der Waals surface area contributed by atoms with Crippen LogP contribution in [-0.2, 0) is 13.3 Å². The minimum Gasteiger partial charge on any atom is -0.377 e. The average Bonchev–Trinajstić information content (AvgIpc) is 2.65. The highest BCUT2D eigenvalue weighted by Crippen LogP contribution is 2.26. The number of unbranched alkanes of at least 4 members (excludes halogenated alkanes) is 1. The van der Waals surface area contributed by atoms with E-state index in [-0.39, 0.29) is 0 Å². The predicted molar refractivity (Wildman–Crippen MR) is 106 cm³/mol. The van der Waals surface area contributed by atoms with Crippen molar-refractivity contribution in [2.45, 2.75) is 57.8 Å². The Bertz CT molecular complexity index is 315. The van der Waals surface area contributed by atoms with Crippen molar-refractivity contribution >= 4 is 17.0 Å². The summed E-state index contributed by atoms with van der Waals surface area (Å²) in [6, 6.07) is 5.11. The Balaban J connectivity index is 2.32. The Kier molecular flexibility index (Phi) is 10.3. The van der Waals surface area contributed by atoms with Crippen LogP contribution in [0.5, 0.6) is 0 Å². The summed E-state index contributed by atoms with van der Waals surface area (Å²) in [4.78, 5) is 2.63. The molecule has 0 bridgehead atoms. The molecule has 0 aromatic heterocycles. The van der Waals surface area contributed by atoms with Crippen LogP contribution >= 0.6 is 0 Å². The lowest BCUT2D eigenvalue weighted by molar-refractivity contribution is 0.121. The third-order valence-electron chi connectivity index (χ3n) is 6.16. The van der Waals surface area contributed by atoms with Gasteiger partial charge in [0, 0.05) is 53.6 Å². The maximum absolute atomic E-state index is 5.50. The second kappa shape index (κ2) is 11.1. The molecule has 1 aliphatic rings. The van der Waals surface area contributed by atoms with Crippen molar-refractivity contribution in [1.82, 2.24) is 9.47 Å². The molecule has 5 nitrogen and oxygen atoms in total. The van der Waals surface area contributed by atoms with Crippen LogP contribution in [0.25, 0.3) is 0 Å². The monoisotopic (exact) mass is 376 g/mol. The molecule has 1 rings (SSSR count). The molecule has 144 valence electrons. The first-order chi connectivity index (χ1) is 11.5. The lowest BCUT2D eigenvalue weighted by atomic mass is 10.3. The Morgan fingerprint density at radius 1 is 0.750 bits per heavy atom. The van der Waals surface area contributed by atoms with Gasteiger partial charge >= 0.3 is 8.80 Å². The van der Waals surface area contributed by atoms with Gasteiger partial charge in [-0.05, 0) is 37.5 Å². The SMILES string of the molecule is CC[Si](CC)(CC)N1CCN(CCCC[Si](OC)(OC)OC)CC1. The fourth-order valence-electron chi connectivity index (χ4n) is 4.10. The summed E-state index contributed by atoms with van der Waals surface area (Å²) in [5.41, 5.74) is 0. The molecule has 0 saturated carbocycles. The number of hydrogen-bond donors (Lipinski definition) is 0. The highest BCUT2D eigenvalue weighted by molar-refractivity contribution is 6.77. The first kappa shape index (κ1) is 22.3. The molecule has 0 atom stereocenters. The Labute approximate surface area is 152 Å². The lowest BCUT2D eigenvalue weighted by Crippen LogP contribution is -2.59. The molecule has 1 fully saturated rings. The van der Waals surface area contributed by atoms with Crippen molar-refractivity contribution in [2.24, 2.45) is 0 Å². The van der Waals surface area contributed by atoms with Crippen LogP contribution in [0.3, 0.4) is 0 Å². The summed E-state index contributed by atoms with van der Waals surface area (Å²) in [6.07, 6.45) is 2.31. The summed E-state index contributed by atoms with van der Waals surface area (Å²) in [6.45, 7) is 13.4. The van der Waals surface area contributed by atoms with E-state index in [0.29, 0.717) is 0 Å². The van der Waals surface area contributed by atoms with Crippen LogP contribution in [0.1, 0.15) is 33.6 Å². The number of piperazine rings is 1. The van der Waals surface area contributed by atoms with Crippen LogP contribution in [0, 0.1) is 0 Å². The molecule has 24 heavy (non-hydrogen) atoms. The molecule has 0 amide bonds. The molecule has 0 aromatic rings. The molecular weight excluding hydrogens is 336 g/mol. The minimum absolute atomic E-state index is 0.911. The first-order valence-corrected chi connectivity index (χ1v) is 14.2. The molecule has 0 spiro atoms. The van der Waals surface area contributed by atoms with Crippen molar-refractivity contribution in [3.8, 4) is 0 Å². The van der Waals surface area contributed by atoms with E-state index in [1.165, 1.54) is 57.3 Å². The second-order valence-electron chi connectivity index (χ2n) is 6.87. The zero-order valence-corrected chi connectivity index (χ0v) is 18.9.